The van der Waals surface area contributed by atoms with Crippen molar-refractivity contribution in [2.75, 3.05) is 0 Å². The van der Waals surface area contributed by atoms with E-state index < -0.39 is 0 Å². The van der Waals surface area contributed by atoms with Crippen molar-refractivity contribution in [1.29, 1.82) is 0 Å². The smallest absolute Gasteiger partial charge is 0.187 e. The molecule has 1 nitrogen and oxygen atoms in total. The normalized spacial score (nSPS) is 33.4. The molecule has 3 rings (SSSR count). The molecule has 1 fully saturated rings. The molecule has 0 spiro atoms. The molecule has 0 bridgehead atoms. The van der Waals surface area contributed by atoms with Crippen molar-refractivity contribution in [1.82, 2.24) is 0 Å². The summed E-state index contributed by atoms with van der Waals surface area (Å²) >= 11 is 0. The van der Waals surface area contributed by atoms with E-state index in [2.05, 4.69) is 23.9 Å². The predicted molar refractivity (Wildman–Crippen MR) is 51.8 cm³/mol. The molecular weight excluding hydrogens is 158 g/mol. The Kier molecular flexibility index (Phi) is 1.18. The lowest BCUT2D eigenvalue weighted by Crippen LogP contribution is -1.89. The first-order valence-corrected chi connectivity index (χ1v) is 4.81. The predicted octanol–water partition coefficient (Wildman–Crippen LogP) is 3.14. The maximum absolute atomic E-state index is 6.93. The first-order chi connectivity index (χ1) is 6.31. The average Bonchev–Trinajstić information content (AvgIpc) is 2.64. The number of benzene rings is 1. The van der Waals surface area contributed by atoms with E-state index >= 15 is 0 Å². The zero-order chi connectivity index (χ0) is 9.00. The molecule has 2 aliphatic rings. The summed E-state index contributed by atoms with van der Waals surface area (Å²) in [6.45, 7) is 9.27. The molecule has 1 aromatic carbocycles. The van der Waals surface area contributed by atoms with Crippen LogP contribution in [0.4, 0.5) is 5.69 Å². The summed E-state index contributed by atoms with van der Waals surface area (Å²) in [7, 11) is 0. The zero-order valence-electron chi connectivity index (χ0n) is 7.62. The van der Waals surface area contributed by atoms with E-state index in [0.717, 1.165) is 23.4 Å². The van der Waals surface area contributed by atoms with Crippen molar-refractivity contribution in [3.8, 4) is 0 Å². The minimum Gasteiger partial charge on any atom is -0.238 e. The molecule has 64 valence electrons. The second kappa shape index (κ2) is 2.14. The van der Waals surface area contributed by atoms with Gasteiger partial charge in [-0.1, -0.05) is 30.7 Å². The van der Waals surface area contributed by atoms with E-state index in [-0.39, 0.29) is 0 Å². The fourth-order valence-electron chi connectivity index (χ4n) is 2.79. The first-order valence-electron chi connectivity index (χ1n) is 4.81. The first kappa shape index (κ1) is 7.15. The van der Waals surface area contributed by atoms with Gasteiger partial charge < -0.3 is 0 Å². The Morgan fingerprint density at radius 1 is 1.46 bits per heavy atom. The van der Waals surface area contributed by atoms with Crippen LogP contribution in [0.2, 0.25) is 0 Å². The van der Waals surface area contributed by atoms with Crippen molar-refractivity contribution < 1.29 is 0 Å². The summed E-state index contributed by atoms with van der Waals surface area (Å²) in [5.41, 5.74) is 3.75. The summed E-state index contributed by atoms with van der Waals surface area (Å²) < 4.78 is 0. The molecule has 0 unspecified atom stereocenters. The molecule has 0 amide bonds. The van der Waals surface area contributed by atoms with Crippen molar-refractivity contribution in [2.24, 2.45) is 11.8 Å². The van der Waals surface area contributed by atoms with Crippen molar-refractivity contribution in [3.05, 3.63) is 40.7 Å². The third-order valence-electron chi connectivity index (χ3n) is 3.63. The minimum atomic E-state index is 0.799. The van der Waals surface area contributed by atoms with E-state index in [9.17, 15) is 0 Å². The van der Waals surface area contributed by atoms with Gasteiger partial charge in [-0.25, -0.2) is 4.85 Å². The second-order valence-corrected chi connectivity index (χ2v) is 4.25. The summed E-state index contributed by atoms with van der Waals surface area (Å²) in [5, 5.41) is 0. The van der Waals surface area contributed by atoms with Crippen LogP contribution in [0.3, 0.4) is 0 Å². The van der Waals surface area contributed by atoms with Crippen molar-refractivity contribution in [3.63, 3.8) is 0 Å². The Hall–Kier alpha value is -1.29. The van der Waals surface area contributed by atoms with Gasteiger partial charge in [-0.2, -0.15) is 0 Å². The Labute approximate surface area is 78.2 Å². The maximum Gasteiger partial charge on any atom is 0.187 e. The molecule has 0 aliphatic heterocycles. The standard InChI is InChI=1S/C12H11N/c1-7-11-6-8-5-9(13-2)3-4-10(8)12(7)11/h3-5,7,11-12H,6H2,1H3/t7-,11+,12+/m1/s1. The number of hydrogen-bond acceptors (Lipinski definition) is 0. The minimum absolute atomic E-state index is 0.799. The van der Waals surface area contributed by atoms with Gasteiger partial charge in [0.05, 0.1) is 6.57 Å². The second-order valence-electron chi connectivity index (χ2n) is 4.25. The summed E-state index contributed by atoms with van der Waals surface area (Å²) in [6.07, 6.45) is 1.21. The van der Waals surface area contributed by atoms with Crippen LogP contribution in [-0.4, -0.2) is 0 Å². The highest BCUT2D eigenvalue weighted by Gasteiger charge is 2.52. The molecule has 0 radical (unpaired) electrons. The summed E-state index contributed by atoms with van der Waals surface area (Å²) in [5.74, 6) is 2.62. The van der Waals surface area contributed by atoms with Gasteiger partial charge in [-0.3, -0.25) is 0 Å². The van der Waals surface area contributed by atoms with Crippen molar-refractivity contribution in [2.45, 2.75) is 19.3 Å². The van der Waals surface area contributed by atoms with E-state index in [4.69, 9.17) is 6.57 Å². The molecule has 0 aromatic heterocycles. The van der Waals surface area contributed by atoms with Gasteiger partial charge in [0, 0.05) is 0 Å². The molecule has 1 saturated carbocycles. The SMILES string of the molecule is [C-]#[N+]c1ccc2c(c1)C[C@H]1[C@@H](C)[C@@H]21. The lowest BCUT2D eigenvalue weighted by atomic mass is 10.0. The molecule has 0 saturated heterocycles. The number of fused-ring (bicyclic) bond motifs is 3. The molecule has 13 heavy (non-hydrogen) atoms. The van der Waals surface area contributed by atoms with Crippen molar-refractivity contribution >= 4 is 5.69 Å². The maximum atomic E-state index is 6.93. The largest absolute Gasteiger partial charge is 0.238 e. The average molecular weight is 169 g/mol. The molecule has 0 heterocycles. The monoisotopic (exact) mass is 169 g/mol. The molecule has 3 atom stereocenters. The fourth-order valence-corrected chi connectivity index (χ4v) is 2.79. The number of nitrogens with zero attached hydrogens (tertiary/aromatic N) is 1. The molecule has 0 N–H and O–H groups in total. The lowest BCUT2D eigenvalue weighted by Gasteiger charge is -2.04. The van der Waals surface area contributed by atoms with E-state index in [1.165, 1.54) is 17.5 Å². The van der Waals surface area contributed by atoms with Crippen LogP contribution in [0, 0.1) is 18.4 Å². The van der Waals surface area contributed by atoms with Crippen LogP contribution in [0.1, 0.15) is 24.0 Å². The molecular formula is C12H11N. The fraction of sp³-hybridized carbons (Fsp3) is 0.417. The van der Waals surface area contributed by atoms with E-state index in [1.807, 2.05) is 6.07 Å². The van der Waals surface area contributed by atoms with Gasteiger partial charge in [-0.15, -0.1) is 0 Å². The van der Waals surface area contributed by atoms with Gasteiger partial charge in [0.2, 0.25) is 0 Å². The van der Waals surface area contributed by atoms with Gasteiger partial charge in [0.15, 0.2) is 5.69 Å². The van der Waals surface area contributed by atoms with Crippen LogP contribution in [0.25, 0.3) is 4.85 Å². The summed E-state index contributed by atoms with van der Waals surface area (Å²) in [6, 6.07) is 6.19. The molecule has 1 aromatic rings. The van der Waals surface area contributed by atoms with Crippen LogP contribution in [-0.2, 0) is 6.42 Å². The topological polar surface area (TPSA) is 4.36 Å². The van der Waals surface area contributed by atoms with Crippen LogP contribution < -0.4 is 0 Å². The highest BCUT2D eigenvalue weighted by atomic mass is 14.6. The third kappa shape index (κ3) is 0.808. The van der Waals surface area contributed by atoms with Gasteiger partial charge in [0.25, 0.3) is 0 Å². The Morgan fingerprint density at radius 3 is 3.08 bits per heavy atom. The number of hydrogen-bond donors (Lipinski definition) is 0. The summed E-state index contributed by atoms with van der Waals surface area (Å²) in [4.78, 5) is 3.46. The Balaban J connectivity index is 2.09. The zero-order valence-corrected chi connectivity index (χ0v) is 7.62. The molecule has 1 heteroatoms. The highest BCUT2D eigenvalue weighted by molar-refractivity contribution is 5.54. The highest BCUT2D eigenvalue weighted by Crippen LogP contribution is 2.61. The van der Waals surface area contributed by atoms with Gasteiger partial charge in [0.1, 0.15) is 0 Å². The van der Waals surface area contributed by atoms with E-state index in [1.54, 1.807) is 0 Å². The van der Waals surface area contributed by atoms with E-state index in [0.29, 0.717) is 0 Å². The van der Waals surface area contributed by atoms with Crippen LogP contribution >= 0.6 is 0 Å². The van der Waals surface area contributed by atoms with Gasteiger partial charge >= 0.3 is 0 Å². The van der Waals surface area contributed by atoms with Gasteiger partial charge in [-0.05, 0) is 29.7 Å². The Morgan fingerprint density at radius 2 is 2.31 bits per heavy atom. The van der Waals surface area contributed by atoms with Crippen LogP contribution in [0.15, 0.2) is 18.2 Å². The number of rotatable bonds is 0. The third-order valence-corrected chi connectivity index (χ3v) is 3.63. The van der Waals surface area contributed by atoms with Crippen LogP contribution in [0.5, 0.6) is 0 Å². The molecule has 2 aliphatic carbocycles. The Bertz CT molecular complexity index is 414. The lowest BCUT2D eigenvalue weighted by molar-refractivity contribution is 0.752. The quantitative estimate of drug-likeness (QED) is 0.525.